The van der Waals surface area contributed by atoms with E-state index in [4.69, 9.17) is 4.74 Å². The second kappa shape index (κ2) is 8.30. The number of halogens is 3. The molecule has 5 heteroatoms. The monoisotopic (exact) mass is 364 g/mol. The van der Waals surface area contributed by atoms with Gasteiger partial charge in [-0.2, -0.15) is 4.39 Å². The lowest BCUT2D eigenvalue weighted by atomic mass is 10.0. The normalized spacial score (nSPS) is 10.6. The van der Waals surface area contributed by atoms with E-state index < -0.39 is 17.5 Å². The van der Waals surface area contributed by atoms with Gasteiger partial charge in [0.25, 0.3) is 0 Å². The predicted octanol–water partition coefficient (Wildman–Crippen LogP) is 6.80. The smallest absolute Gasteiger partial charge is 0.201 e. The lowest BCUT2D eigenvalue weighted by molar-refractivity contribution is 0.295. The van der Waals surface area contributed by atoms with Crippen molar-refractivity contribution >= 4 is 16.7 Å². The first-order valence-corrected chi connectivity index (χ1v) is 8.60. The van der Waals surface area contributed by atoms with Gasteiger partial charge in [-0.3, -0.25) is 0 Å². The fraction of sp³-hybridized carbons (Fsp3) is 0.200. The molecule has 0 aliphatic rings. The zero-order chi connectivity index (χ0) is 18.6. The van der Waals surface area contributed by atoms with Crippen molar-refractivity contribution in [2.45, 2.75) is 20.3 Å². The molecule has 0 heterocycles. The van der Waals surface area contributed by atoms with Gasteiger partial charge in [-0.25, -0.2) is 8.78 Å². The fourth-order valence-electron chi connectivity index (χ4n) is 2.25. The van der Waals surface area contributed by atoms with Crippen LogP contribution in [0.3, 0.4) is 0 Å². The minimum Gasteiger partial charge on any atom is -0.490 e. The van der Waals surface area contributed by atoms with Crippen LogP contribution in [0.2, 0.25) is 0 Å². The third-order valence-corrected chi connectivity index (χ3v) is 4.20. The van der Waals surface area contributed by atoms with Crippen molar-refractivity contribution in [2.75, 3.05) is 6.61 Å². The lowest BCUT2D eigenvalue weighted by Gasteiger charge is -2.12. The summed E-state index contributed by atoms with van der Waals surface area (Å²) >= 11 is 1.26. The van der Waals surface area contributed by atoms with Crippen LogP contribution in [0.1, 0.15) is 25.8 Å². The second-order valence-corrected chi connectivity index (χ2v) is 6.90. The molecular formula is C20H19F3OS. The van der Waals surface area contributed by atoms with Crippen molar-refractivity contribution in [1.29, 1.82) is 0 Å². The minimum absolute atomic E-state index is 0.0232. The minimum atomic E-state index is -1.07. The van der Waals surface area contributed by atoms with Crippen molar-refractivity contribution < 1.29 is 17.9 Å². The SMILES string of the molecule is C=C(C)SC(=C)c1ccc(-c2ccc(OCCC)c(F)c2F)cc1F. The Kier molecular flexibility index (Phi) is 6.37. The van der Waals surface area contributed by atoms with Crippen molar-refractivity contribution in [3.8, 4) is 16.9 Å². The van der Waals surface area contributed by atoms with Crippen LogP contribution >= 0.6 is 11.8 Å². The number of rotatable bonds is 7. The van der Waals surface area contributed by atoms with Crippen LogP contribution in [-0.4, -0.2) is 6.61 Å². The van der Waals surface area contributed by atoms with E-state index in [-0.39, 0.29) is 16.9 Å². The van der Waals surface area contributed by atoms with Crippen molar-refractivity contribution in [1.82, 2.24) is 0 Å². The molecule has 0 fully saturated rings. The van der Waals surface area contributed by atoms with E-state index >= 15 is 0 Å². The predicted molar refractivity (Wildman–Crippen MR) is 99.0 cm³/mol. The number of ether oxygens (including phenoxy) is 1. The first-order valence-electron chi connectivity index (χ1n) is 7.78. The van der Waals surface area contributed by atoms with Gasteiger partial charge < -0.3 is 4.74 Å². The first kappa shape index (κ1) is 19.2. The molecule has 0 radical (unpaired) electrons. The Bertz CT molecular complexity index is 815. The van der Waals surface area contributed by atoms with E-state index in [9.17, 15) is 13.2 Å². The van der Waals surface area contributed by atoms with Gasteiger partial charge in [0.05, 0.1) is 6.61 Å². The van der Waals surface area contributed by atoms with Crippen LogP contribution in [0.5, 0.6) is 5.75 Å². The quantitative estimate of drug-likeness (QED) is 0.534. The standard InChI is InChI=1S/C20H19F3OS/c1-5-10-24-18-9-8-16(19(22)20(18)23)14-6-7-15(17(21)11-14)13(4)25-12(2)3/h6-9,11H,2,4-5,10H2,1,3H3. The molecule has 0 spiro atoms. The van der Waals surface area contributed by atoms with Gasteiger partial charge in [0, 0.05) is 16.0 Å². The van der Waals surface area contributed by atoms with E-state index in [0.29, 0.717) is 23.5 Å². The Labute approximate surface area is 150 Å². The highest BCUT2D eigenvalue weighted by atomic mass is 32.2. The summed E-state index contributed by atoms with van der Waals surface area (Å²) in [6.45, 7) is 11.5. The number of allylic oxidation sites excluding steroid dienone is 1. The molecule has 0 amide bonds. The Morgan fingerprint density at radius 2 is 1.80 bits per heavy atom. The zero-order valence-electron chi connectivity index (χ0n) is 14.2. The number of thioether (sulfide) groups is 1. The molecule has 0 atom stereocenters. The summed E-state index contributed by atoms with van der Waals surface area (Å²) in [6, 6.07) is 6.94. The highest BCUT2D eigenvalue weighted by Gasteiger charge is 2.17. The summed E-state index contributed by atoms with van der Waals surface area (Å²) in [5.41, 5.74) is 0.526. The van der Waals surface area contributed by atoms with Gasteiger partial charge in [-0.15, -0.1) is 0 Å². The van der Waals surface area contributed by atoms with E-state index in [1.807, 2.05) is 6.92 Å². The van der Waals surface area contributed by atoms with Crippen LogP contribution in [0, 0.1) is 17.5 Å². The summed E-state index contributed by atoms with van der Waals surface area (Å²) in [5, 5.41) is 0. The molecule has 0 aliphatic heterocycles. The van der Waals surface area contributed by atoms with Crippen LogP contribution in [0.15, 0.2) is 48.4 Å². The summed E-state index contributed by atoms with van der Waals surface area (Å²) in [4.78, 5) is 1.29. The molecule has 0 saturated heterocycles. The summed E-state index contributed by atoms with van der Waals surface area (Å²) in [6.07, 6.45) is 0.682. The van der Waals surface area contributed by atoms with Gasteiger partial charge >= 0.3 is 0 Å². The molecule has 0 aromatic heterocycles. The Hall–Kier alpha value is -2.14. The molecule has 2 aromatic rings. The molecule has 1 nitrogen and oxygen atoms in total. The molecular weight excluding hydrogens is 345 g/mol. The van der Waals surface area contributed by atoms with E-state index in [1.54, 1.807) is 6.92 Å². The largest absolute Gasteiger partial charge is 0.490 e. The molecule has 0 aliphatic carbocycles. The molecule has 0 unspecified atom stereocenters. The fourth-order valence-corrected chi connectivity index (χ4v) is 2.95. The summed E-state index contributed by atoms with van der Waals surface area (Å²) in [7, 11) is 0. The van der Waals surface area contributed by atoms with E-state index in [1.165, 1.54) is 42.1 Å². The number of hydrogen-bond donors (Lipinski definition) is 0. The average molecular weight is 364 g/mol. The highest BCUT2D eigenvalue weighted by molar-refractivity contribution is 8.11. The lowest BCUT2D eigenvalue weighted by Crippen LogP contribution is -2.00. The maximum absolute atomic E-state index is 14.4. The van der Waals surface area contributed by atoms with Gasteiger partial charge in [0.1, 0.15) is 5.82 Å². The van der Waals surface area contributed by atoms with Crippen LogP contribution < -0.4 is 4.74 Å². The maximum Gasteiger partial charge on any atom is 0.201 e. The third-order valence-electron chi connectivity index (χ3n) is 3.39. The molecule has 2 aromatic carbocycles. The van der Waals surface area contributed by atoms with E-state index in [2.05, 4.69) is 13.2 Å². The molecule has 0 saturated carbocycles. The van der Waals surface area contributed by atoms with Gasteiger partial charge in [0.2, 0.25) is 5.82 Å². The van der Waals surface area contributed by atoms with Crippen molar-refractivity contribution in [2.24, 2.45) is 0 Å². The molecule has 2 rings (SSSR count). The zero-order valence-corrected chi connectivity index (χ0v) is 15.0. The van der Waals surface area contributed by atoms with Gasteiger partial charge in [0.15, 0.2) is 11.6 Å². The van der Waals surface area contributed by atoms with Gasteiger partial charge in [-0.1, -0.05) is 44.0 Å². The van der Waals surface area contributed by atoms with E-state index in [0.717, 1.165) is 4.91 Å². The van der Waals surface area contributed by atoms with Crippen LogP contribution in [0.25, 0.3) is 16.0 Å². The molecule has 0 N–H and O–H groups in total. The molecule has 132 valence electrons. The second-order valence-electron chi connectivity index (χ2n) is 5.51. The number of benzene rings is 2. The van der Waals surface area contributed by atoms with Crippen LogP contribution in [-0.2, 0) is 0 Å². The topological polar surface area (TPSA) is 9.23 Å². The molecule has 25 heavy (non-hydrogen) atoms. The number of hydrogen-bond acceptors (Lipinski definition) is 2. The highest BCUT2D eigenvalue weighted by Crippen LogP contribution is 2.35. The Morgan fingerprint density at radius 3 is 2.40 bits per heavy atom. The summed E-state index contributed by atoms with van der Waals surface area (Å²) < 4.78 is 48.0. The first-order chi connectivity index (χ1) is 11.8. The average Bonchev–Trinajstić information content (AvgIpc) is 2.55. The van der Waals surface area contributed by atoms with Crippen molar-refractivity contribution in [3.05, 3.63) is 71.4 Å². The summed E-state index contributed by atoms with van der Waals surface area (Å²) in [5.74, 6) is -2.83. The molecule has 0 bridgehead atoms. The Morgan fingerprint density at radius 1 is 1.08 bits per heavy atom. The van der Waals surface area contributed by atoms with Crippen molar-refractivity contribution in [3.63, 3.8) is 0 Å². The maximum atomic E-state index is 14.4. The van der Waals surface area contributed by atoms with Gasteiger partial charge in [-0.05, 0) is 42.0 Å². The van der Waals surface area contributed by atoms with Crippen LogP contribution in [0.4, 0.5) is 13.2 Å². The third kappa shape index (κ3) is 4.48. The Balaban J connectivity index is 2.36.